The van der Waals surface area contributed by atoms with Gasteiger partial charge in [0.15, 0.2) is 0 Å². The van der Waals surface area contributed by atoms with E-state index >= 15 is 0 Å². The first-order chi connectivity index (χ1) is 16.3. The molecule has 1 heterocycles. The molecular formula is C24H23F3N4O4. The summed E-state index contributed by atoms with van der Waals surface area (Å²) in [4.78, 5) is 27.9. The van der Waals surface area contributed by atoms with Gasteiger partial charge in [0.1, 0.15) is 22.9 Å². The molecule has 8 nitrogen and oxygen atoms in total. The lowest BCUT2D eigenvalue weighted by Gasteiger charge is -2.19. The largest absolute Gasteiger partial charge is 0.455 e. The Labute approximate surface area is 199 Å². The molecule has 0 aliphatic carbocycles. The lowest BCUT2D eigenvalue weighted by atomic mass is 10.1. The molecule has 0 spiro atoms. The molecule has 0 aliphatic heterocycles. The van der Waals surface area contributed by atoms with Gasteiger partial charge in [0.05, 0.1) is 11.3 Å². The third kappa shape index (κ3) is 7.36. The van der Waals surface area contributed by atoms with E-state index in [2.05, 4.69) is 15.6 Å². The smallest absolute Gasteiger partial charge is 0.417 e. The van der Waals surface area contributed by atoms with Crippen molar-refractivity contribution in [1.82, 2.24) is 4.98 Å². The monoisotopic (exact) mass is 488 g/mol. The summed E-state index contributed by atoms with van der Waals surface area (Å²) in [7, 11) is 0. The predicted octanol–water partition coefficient (Wildman–Crippen LogP) is 6.07. The summed E-state index contributed by atoms with van der Waals surface area (Å²) < 4.78 is 48.8. The van der Waals surface area contributed by atoms with Gasteiger partial charge in [-0.25, -0.2) is 9.78 Å². The van der Waals surface area contributed by atoms with Crippen LogP contribution < -0.4 is 21.1 Å². The molecule has 0 bridgehead atoms. The number of rotatable bonds is 5. The first kappa shape index (κ1) is 25.3. The fraction of sp³-hybridized carbons (Fsp3) is 0.208. The number of ether oxygens (including phenoxy) is 2. The van der Waals surface area contributed by atoms with Gasteiger partial charge in [-0.3, -0.25) is 10.1 Å². The van der Waals surface area contributed by atoms with Gasteiger partial charge in [0.25, 0.3) is 5.91 Å². The first-order valence-electron chi connectivity index (χ1n) is 10.3. The van der Waals surface area contributed by atoms with E-state index in [-0.39, 0.29) is 22.8 Å². The molecule has 1 aromatic heterocycles. The molecule has 184 valence electrons. The number of anilines is 3. The van der Waals surface area contributed by atoms with Crippen molar-refractivity contribution in [3.05, 3.63) is 71.9 Å². The van der Waals surface area contributed by atoms with E-state index in [1.54, 1.807) is 45.0 Å². The van der Waals surface area contributed by atoms with Crippen LogP contribution >= 0.6 is 0 Å². The number of halogens is 3. The van der Waals surface area contributed by atoms with Crippen LogP contribution in [0.25, 0.3) is 0 Å². The molecule has 2 aromatic carbocycles. The number of nitrogens with one attached hydrogen (secondary N) is 2. The van der Waals surface area contributed by atoms with Crippen molar-refractivity contribution in [2.24, 2.45) is 0 Å². The molecule has 3 aromatic rings. The number of nitrogens with two attached hydrogens (primary N) is 1. The molecule has 2 amide bonds. The van der Waals surface area contributed by atoms with Crippen molar-refractivity contribution >= 4 is 29.2 Å². The van der Waals surface area contributed by atoms with Gasteiger partial charge < -0.3 is 20.5 Å². The third-order valence-corrected chi connectivity index (χ3v) is 4.33. The average molecular weight is 488 g/mol. The summed E-state index contributed by atoms with van der Waals surface area (Å²) in [5.41, 5.74) is 5.28. The third-order valence-electron chi connectivity index (χ3n) is 4.33. The number of hydrogen-bond donors (Lipinski definition) is 3. The van der Waals surface area contributed by atoms with E-state index in [0.717, 1.165) is 12.1 Å². The van der Waals surface area contributed by atoms with Crippen molar-refractivity contribution in [1.29, 1.82) is 0 Å². The molecule has 0 radical (unpaired) electrons. The summed E-state index contributed by atoms with van der Waals surface area (Å²) in [6.45, 7) is 5.28. The van der Waals surface area contributed by atoms with E-state index in [1.165, 1.54) is 18.2 Å². The molecule has 0 fully saturated rings. The Morgan fingerprint density at radius 3 is 2.17 bits per heavy atom. The van der Waals surface area contributed by atoms with Gasteiger partial charge in [0.2, 0.25) is 0 Å². The average Bonchev–Trinajstić information content (AvgIpc) is 2.75. The number of nitrogen functional groups attached to an aromatic ring is 1. The minimum atomic E-state index is -4.52. The van der Waals surface area contributed by atoms with Gasteiger partial charge in [-0.2, -0.15) is 13.2 Å². The second kappa shape index (κ2) is 9.92. The Morgan fingerprint density at radius 2 is 1.63 bits per heavy atom. The van der Waals surface area contributed by atoms with E-state index in [4.69, 9.17) is 15.2 Å². The highest BCUT2D eigenvalue weighted by molar-refractivity contribution is 6.04. The highest BCUT2D eigenvalue weighted by Crippen LogP contribution is 2.30. The van der Waals surface area contributed by atoms with Gasteiger partial charge in [-0.05, 0) is 75.4 Å². The molecule has 0 saturated carbocycles. The van der Waals surface area contributed by atoms with E-state index in [1.807, 2.05) is 0 Å². The molecule has 35 heavy (non-hydrogen) atoms. The Kier molecular flexibility index (Phi) is 7.18. The van der Waals surface area contributed by atoms with E-state index in [0.29, 0.717) is 17.6 Å². The Bertz CT molecular complexity index is 1210. The van der Waals surface area contributed by atoms with Crippen LogP contribution in [-0.4, -0.2) is 22.6 Å². The van der Waals surface area contributed by atoms with Crippen LogP contribution in [0.2, 0.25) is 0 Å². The normalized spacial score (nSPS) is 11.5. The zero-order valence-electron chi connectivity index (χ0n) is 19.1. The standard InChI is InChI=1S/C24H23F3N4O4/c1-23(2,3)35-22(33)30-16-6-8-17(9-7-16)34-19-10-4-14(12-18(19)28)21(32)31-20-11-5-15(13-29-20)24(25,26)27/h4-13H,28H2,1-3H3,(H,30,33)(H,29,31,32). The summed E-state index contributed by atoms with van der Waals surface area (Å²) in [6.07, 6.45) is -4.47. The number of carbonyl (C=O) groups is 2. The number of amides is 2. The lowest BCUT2D eigenvalue weighted by molar-refractivity contribution is -0.137. The highest BCUT2D eigenvalue weighted by atomic mass is 19.4. The van der Waals surface area contributed by atoms with Crippen molar-refractivity contribution in [3.63, 3.8) is 0 Å². The van der Waals surface area contributed by atoms with E-state index < -0.39 is 29.3 Å². The van der Waals surface area contributed by atoms with Crippen molar-refractivity contribution in [2.75, 3.05) is 16.4 Å². The molecular weight excluding hydrogens is 465 g/mol. The highest BCUT2D eigenvalue weighted by Gasteiger charge is 2.30. The van der Waals surface area contributed by atoms with Crippen molar-refractivity contribution in [2.45, 2.75) is 32.5 Å². The number of pyridine rings is 1. The fourth-order valence-corrected chi connectivity index (χ4v) is 2.76. The maximum absolute atomic E-state index is 12.6. The molecule has 3 rings (SSSR count). The van der Waals surface area contributed by atoms with Crippen LogP contribution in [0.15, 0.2) is 60.8 Å². The number of nitrogens with zero attached hydrogens (tertiary/aromatic N) is 1. The summed E-state index contributed by atoms with van der Waals surface area (Å²) in [5, 5.41) is 5.02. The number of carbonyl (C=O) groups excluding carboxylic acids is 2. The molecule has 0 atom stereocenters. The van der Waals surface area contributed by atoms with Crippen LogP contribution in [0.5, 0.6) is 11.5 Å². The van der Waals surface area contributed by atoms with Gasteiger partial charge in [0, 0.05) is 17.4 Å². The molecule has 0 aliphatic rings. The van der Waals surface area contributed by atoms with Crippen LogP contribution in [0, 0.1) is 0 Å². The maximum atomic E-state index is 12.6. The number of aromatic nitrogens is 1. The number of benzene rings is 2. The van der Waals surface area contributed by atoms with Gasteiger partial charge >= 0.3 is 12.3 Å². The SMILES string of the molecule is CC(C)(C)OC(=O)Nc1ccc(Oc2ccc(C(=O)Nc3ccc(C(F)(F)F)cn3)cc2N)cc1. The zero-order valence-corrected chi connectivity index (χ0v) is 19.1. The predicted molar refractivity (Wildman–Crippen MR) is 124 cm³/mol. The van der Waals surface area contributed by atoms with Crippen LogP contribution in [-0.2, 0) is 10.9 Å². The van der Waals surface area contributed by atoms with Crippen LogP contribution in [0.3, 0.4) is 0 Å². The fourth-order valence-electron chi connectivity index (χ4n) is 2.76. The minimum absolute atomic E-state index is 0.0398. The van der Waals surface area contributed by atoms with Crippen LogP contribution in [0.4, 0.5) is 35.2 Å². The zero-order chi connectivity index (χ0) is 25.8. The molecule has 0 unspecified atom stereocenters. The second-order valence-electron chi connectivity index (χ2n) is 8.39. The molecule has 4 N–H and O–H groups in total. The molecule has 11 heteroatoms. The number of alkyl halides is 3. The Hall–Kier alpha value is -4.28. The lowest BCUT2D eigenvalue weighted by Crippen LogP contribution is -2.27. The minimum Gasteiger partial charge on any atom is -0.455 e. The van der Waals surface area contributed by atoms with Gasteiger partial charge in [-0.15, -0.1) is 0 Å². The Balaban J connectivity index is 1.62. The number of hydrogen-bond acceptors (Lipinski definition) is 6. The van der Waals surface area contributed by atoms with Crippen molar-refractivity contribution < 1.29 is 32.2 Å². The van der Waals surface area contributed by atoms with Gasteiger partial charge in [-0.1, -0.05) is 0 Å². The maximum Gasteiger partial charge on any atom is 0.417 e. The van der Waals surface area contributed by atoms with E-state index in [9.17, 15) is 22.8 Å². The second-order valence-corrected chi connectivity index (χ2v) is 8.39. The summed E-state index contributed by atoms with van der Waals surface area (Å²) in [5.74, 6) is 0.0645. The summed E-state index contributed by atoms with van der Waals surface area (Å²) >= 11 is 0. The quantitative estimate of drug-likeness (QED) is 0.375. The Morgan fingerprint density at radius 1 is 0.943 bits per heavy atom. The van der Waals surface area contributed by atoms with Crippen LogP contribution in [0.1, 0.15) is 36.7 Å². The summed E-state index contributed by atoms with van der Waals surface area (Å²) in [6, 6.07) is 12.6. The van der Waals surface area contributed by atoms with Crippen molar-refractivity contribution in [3.8, 4) is 11.5 Å². The first-order valence-corrected chi connectivity index (χ1v) is 10.3. The molecule has 0 saturated heterocycles. The topological polar surface area (TPSA) is 116 Å².